The van der Waals surface area contributed by atoms with E-state index in [1.165, 1.54) is 19.2 Å². The lowest BCUT2D eigenvalue weighted by atomic mass is 10.0. The summed E-state index contributed by atoms with van der Waals surface area (Å²) in [5, 5.41) is 20.5. The quantitative estimate of drug-likeness (QED) is 0.533. The van der Waals surface area contributed by atoms with Crippen molar-refractivity contribution in [3.63, 3.8) is 0 Å². The second-order valence-electron chi connectivity index (χ2n) is 6.02. The summed E-state index contributed by atoms with van der Waals surface area (Å²) in [4.78, 5) is 12.8. The number of aromatic hydroxyl groups is 2. The number of fused-ring (bicyclic) bond motifs is 2. The Labute approximate surface area is 153 Å². The monoisotopic (exact) mass is 364 g/mol. The molecule has 3 aromatic carbocycles. The van der Waals surface area contributed by atoms with Crippen molar-refractivity contribution in [1.29, 1.82) is 0 Å². The fraction of sp³-hybridized carbons (Fsp3) is 0.0952. The summed E-state index contributed by atoms with van der Waals surface area (Å²) in [6.45, 7) is 0. The predicted octanol–water partition coefficient (Wildman–Crippen LogP) is 4.04. The maximum atomic E-state index is 12.8. The van der Waals surface area contributed by atoms with Crippen LogP contribution in [0.3, 0.4) is 0 Å². The van der Waals surface area contributed by atoms with Crippen LogP contribution in [-0.4, -0.2) is 24.4 Å². The minimum absolute atomic E-state index is 0.0141. The highest BCUT2D eigenvalue weighted by atomic mass is 16.5. The zero-order valence-electron chi connectivity index (χ0n) is 14.6. The molecule has 0 aliphatic carbocycles. The summed E-state index contributed by atoms with van der Waals surface area (Å²) >= 11 is 0. The van der Waals surface area contributed by atoms with E-state index in [2.05, 4.69) is 0 Å². The molecule has 136 valence electrons. The summed E-state index contributed by atoms with van der Waals surface area (Å²) in [5.74, 6) is 0.755. The molecule has 0 aliphatic rings. The van der Waals surface area contributed by atoms with Gasteiger partial charge in [-0.3, -0.25) is 4.79 Å². The summed E-state index contributed by atoms with van der Waals surface area (Å²) in [6.07, 6.45) is 0. The zero-order chi connectivity index (χ0) is 19.1. The summed E-state index contributed by atoms with van der Waals surface area (Å²) in [6, 6.07) is 13.0. The molecule has 0 spiro atoms. The first-order valence-electron chi connectivity index (χ1n) is 8.17. The standard InChI is InChI=1S/C21H16O6/c1-25-12-6-7-13(17(10-12)26-2)11-8-15(23)20-18(9-11)27-16-5-3-4-14(22)19(16)21(20)24/h3-10,22-23H,1-2H3. The smallest absolute Gasteiger partial charge is 0.208 e. The zero-order valence-corrected chi connectivity index (χ0v) is 14.6. The number of hydrogen-bond acceptors (Lipinski definition) is 6. The third-order valence-electron chi connectivity index (χ3n) is 4.48. The average molecular weight is 364 g/mol. The van der Waals surface area contributed by atoms with Gasteiger partial charge in [-0.1, -0.05) is 6.07 Å². The van der Waals surface area contributed by atoms with Crippen LogP contribution in [0.2, 0.25) is 0 Å². The molecule has 2 N–H and O–H groups in total. The van der Waals surface area contributed by atoms with Gasteiger partial charge in [0.05, 0.1) is 14.2 Å². The van der Waals surface area contributed by atoms with Crippen LogP contribution >= 0.6 is 0 Å². The lowest BCUT2D eigenvalue weighted by molar-refractivity contribution is 0.395. The number of hydrogen-bond donors (Lipinski definition) is 2. The van der Waals surface area contributed by atoms with Gasteiger partial charge in [-0.05, 0) is 42.0 Å². The number of ether oxygens (including phenoxy) is 2. The molecule has 4 aromatic rings. The molecule has 1 aromatic heterocycles. The van der Waals surface area contributed by atoms with E-state index in [0.29, 0.717) is 22.6 Å². The molecule has 1 heterocycles. The number of benzene rings is 3. The molecule has 0 fully saturated rings. The van der Waals surface area contributed by atoms with Crippen LogP contribution in [0.1, 0.15) is 0 Å². The molecule has 6 nitrogen and oxygen atoms in total. The van der Waals surface area contributed by atoms with Crippen LogP contribution in [-0.2, 0) is 0 Å². The second-order valence-corrected chi connectivity index (χ2v) is 6.02. The van der Waals surface area contributed by atoms with E-state index in [1.54, 1.807) is 43.5 Å². The van der Waals surface area contributed by atoms with Gasteiger partial charge in [0.2, 0.25) is 5.43 Å². The normalized spacial score (nSPS) is 11.0. The van der Waals surface area contributed by atoms with Crippen molar-refractivity contribution < 1.29 is 24.1 Å². The van der Waals surface area contributed by atoms with Crippen molar-refractivity contribution in [3.8, 4) is 34.1 Å². The molecule has 0 saturated heterocycles. The van der Waals surface area contributed by atoms with E-state index in [0.717, 1.165) is 0 Å². The maximum Gasteiger partial charge on any atom is 0.208 e. The lowest BCUT2D eigenvalue weighted by Gasteiger charge is -2.12. The summed E-state index contributed by atoms with van der Waals surface area (Å²) in [7, 11) is 3.10. The lowest BCUT2D eigenvalue weighted by Crippen LogP contribution is -2.03. The Kier molecular flexibility index (Phi) is 3.88. The average Bonchev–Trinajstić information content (AvgIpc) is 2.66. The maximum absolute atomic E-state index is 12.8. The molecule has 0 atom stereocenters. The third kappa shape index (κ3) is 2.62. The molecule has 0 saturated carbocycles. The highest BCUT2D eigenvalue weighted by Crippen LogP contribution is 2.38. The number of methoxy groups -OCH3 is 2. The van der Waals surface area contributed by atoms with Gasteiger partial charge < -0.3 is 24.1 Å². The Hall–Kier alpha value is -3.67. The van der Waals surface area contributed by atoms with Crippen LogP contribution in [0, 0.1) is 0 Å². The van der Waals surface area contributed by atoms with Crippen molar-refractivity contribution in [1.82, 2.24) is 0 Å². The molecule has 6 heteroatoms. The van der Waals surface area contributed by atoms with Gasteiger partial charge in [-0.15, -0.1) is 0 Å². The van der Waals surface area contributed by atoms with E-state index in [-0.39, 0.29) is 33.4 Å². The molecule has 27 heavy (non-hydrogen) atoms. The topological polar surface area (TPSA) is 89.1 Å². The van der Waals surface area contributed by atoms with Crippen LogP contribution in [0.15, 0.2) is 57.7 Å². The Morgan fingerprint density at radius 3 is 2.37 bits per heavy atom. The van der Waals surface area contributed by atoms with Gasteiger partial charge in [0, 0.05) is 11.6 Å². The number of phenolic OH excluding ortho intramolecular Hbond substituents is 2. The highest BCUT2D eigenvalue weighted by Gasteiger charge is 2.17. The van der Waals surface area contributed by atoms with Gasteiger partial charge in [-0.2, -0.15) is 0 Å². The first-order valence-corrected chi connectivity index (χ1v) is 8.17. The van der Waals surface area contributed by atoms with Crippen molar-refractivity contribution in [2.75, 3.05) is 14.2 Å². The summed E-state index contributed by atoms with van der Waals surface area (Å²) in [5.41, 5.74) is 1.28. The Morgan fingerprint density at radius 1 is 0.852 bits per heavy atom. The Bertz CT molecular complexity index is 1240. The van der Waals surface area contributed by atoms with Crippen molar-refractivity contribution in [2.24, 2.45) is 0 Å². The fourth-order valence-corrected chi connectivity index (χ4v) is 3.18. The van der Waals surface area contributed by atoms with Gasteiger partial charge in [-0.25, -0.2) is 0 Å². The minimum atomic E-state index is -0.491. The molecule has 4 rings (SSSR count). The molecule has 0 aliphatic heterocycles. The second kappa shape index (κ2) is 6.25. The summed E-state index contributed by atoms with van der Waals surface area (Å²) < 4.78 is 16.4. The minimum Gasteiger partial charge on any atom is -0.507 e. The first-order chi connectivity index (χ1) is 13.0. The molecule has 0 amide bonds. The number of phenols is 2. The molecule has 0 radical (unpaired) electrons. The van der Waals surface area contributed by atoms with Gasteiger partial charge in [0.1, 0.15) is 44.9 Å². The first kappa shape index (κ1) is 16.8. The van der Waals surface area contributed by atoms with E-state index < -0.39 is 5.43 Å². The van der Waals surface area contributed by atoms with Gasteiger partial charge >= 0.3 is 0 Å². The van der Waals surface area contributed by atoms with E-state index in [9.17, 15) is 15.0 Å². The van der Waals surface area contributed by atoms with Crippen molar-refractivity contribution >= 4 is 21.9 Å². The number of rotatable bonds is 3. The Morgan fingerprint density at radius 2 is 1.63 bits per heavy atom. The highest BCUT2D eigenvalue weighted by molar-refractivity contribution is 5.97. The van der Waals surface area contributed by atoms with Crippen LogP contribution in [0.5, 0.6) is 23.0 Å². The predicted molar refractivity (Wildman–Crippen MR) is 102 cm³/mol. The molecular weight excluding hydrogens is 348 g/mol. The van der Waals surface area contributed by atoms with Crippen LogP contribution < -0.4 is 14.9 Å². The van der Waals surface area contributed by atoms with Gasteiger partial charge in [0.15, 0.2) is 0 Å². The van der Waals surface area contributed by atoms with E-state index in [1.807, 2.05) is 0 Å². The van der Waals surface area contributed by atoms with Gasteiger partial charge in [0.25, 0.3) is 0 Å². The van der Waals surface area contributed by atoms with Crippen molar-refractivity contribution in [3.05, 3.63) is 58.8 Å². The SMILES string of the molecule is COc1ccc(-c2cc(O)c3c(=O)c4c(O)cccc4oc3c2)c(OC)c1. The van der Waals surface area contributed by atoms with Crippen molar-refractivity contribution in [2.45, 2.75) is 0 Å². The molecular formula is C21H16O6. The molecule has 0 bridgehead atoms. The van der Waals surface area contributed by atoms with E-state index >= 15 is 0 Å². The fourth-order valence-electron chi connectivity index (χ4n) is 3.18. The third-order valence-corrected chi connectivity index (χ3v) is 4.48. The Balaban J connectivity index is 2.03. The van der Waals surface area contributed by atoms with Crippen LogP contribution in [0.25, 0.3) is 33.1 Å². The van der Waals surface area contributed by atoms with Crippen LogP contribution in [0.4, 0.5) is 0 Å². The largest absolute Gasteiger partial charge is 0.507 e. The van der Waals surface area contributed by atoms with E-state index in [4.69, 9.17) is 13.9 Å². The molecule has 0 unspecified atom stereocenters.